The van der Waals surface area contributed by atoms with Crippen molar-refractivity contribution in [3.05, 3.63) is 59.7 Å². The molecule has 0 aliphatic heterocycles. The zero-order valence-electron chi connectivity index (χ0n) is 15.5. The molecule has 2 rings (SSSR count). The van der Waals surface area contributed by atoms with Crippen molar-refractivity contribution in [2.24, 2.45) is 5.92 Å². The predicted molar refractivity (Wildman–Crippen MR) is 99.4 cm³/mol. The molecular formula is C20H24FN3O2. The fraction of sp³-hybridized carbons (Fsp3) is 0.350. The van der Waals surface area contributed by atoms with Gasteiger partial charge in [0, 0.05) is 17.4 Å². The molecule has 1 heterocycles. The Morgan fingerprint density at radius 1 is 1.19 bits per heavy atom. The zero-order chi connectivity index (χ0) is 19.3. The molecule has 0 atom stereocenters. The van der Waals surface area contributed by atoms with E-state index in [1.807, 2.05) is 27.7 Å². The molecule has 0 aliphatic carbocycles. The summed E-state index contributed by atoms with van der Waals surface area (Å²) in [5, 5.41) is 5.61. The number of rotatable bonds is 6. The third-order valence-electron chi connectivity index (χ3n) is 4.46. The number of nitrogens with zero attached hydrogens (tertiary/aromatic N) is 1. The van der Waals surface area contributed by atoms with Gasteiger partial charge in [-0.1, -0.05) is 32.0 Å². The number of carbonyl (C=O) groups excluding carboxylic acids is 2. The molecule has 0 saturated heterocycles. The van der Waals surface area contributed by atoms with Crippen molar-refractivity contribution in [1.82, 2.24) is 10.3 Å². The number of hydrogen-bond donors (Lipinski definition) is 2. The van der Waals surface area contributed by atoms with Crippen LogP contribution in [0.1, 0.15) is 43.7 Å². The second-order valence-corrected chi connectivity index (χ2v) is 7.08. The molecule has 0 aliphatic rings. The Labute approximate surface area is 153 Å². The van der Waals surface area contributed by atoms with Crippen LogP contribution < -0.4 is 10.6 Å². The number of halogens is 1. The van der Waals surface area contributed by atoms with Crippen LogP contribution in [0.25, 0.3) is 0 Å². The second kappa shape index (κ2) is 8.08. The number of amides is 2. The number of aromatic nitrogens is 1. The molecule has 26 heavy (non-hydrogen) atoms. The smallest absolute Gasteiger partial charge is 0.270 e. The number of nitrogens with one attached hydrogen (secondary N) is 2. The van der Waals surface area contributed by atoms with E-state index in [-0.39, 0.29) is 35.4 Å². The maximum absolute atomic E-state index is 13.6. The highest BCUT2D eigenvalue weighted by atomic mass is 19.1. The largest absolute Gasteiger partial charge is 0.346 e. The van der Waals surface area contributed by atoms with Crippen molar-refractivity contribution < 1.29 is 14.0 Å². The number of benzene rings is 1. The molecule has 138 valence electrons. The molecule has 2 aromatic rings. The first kappa shape index (κ1) is 19.6. The van der Waals surface area contributed by atoms with E-state index < -0.39 is 5.82 Å². The van der Waals surface area contributed by atoms with Gasteiger partial charge >= 0.3 is 0 Å². The van der Waals surface area contributed by atoms with Gasteiger partial charge in [-0.2, -0.15) is 0 Å². The summed E-state index contributed by atoms with van der Waals surface area (Å²) in [7, 11) is 0. The highest BCUT2D eigenvalue weighted by Crippen LogP contribution is 2.17. The van der Waals surface area contributed by atoms with E-state index in [9.17, 15) is 14.0 Å². The van der Waals surface area contributed by atoms with Crippen molar-refractivity contribution in [1.29, 1.82) is 0 Å². The molecule has 6 heteroatoms. The zero-order valence-corrected chi connectivity index (χ0v) is 15.5. The molecule has 0 spiro atoms. The minimum Gasteiger partial charge on any atom is -0.346 e. The second-order valence-electron chi connectivity index (χ2n) is 7.08. The van der Waals surface area contributed by atoms with Crippen LogP contribution in [-0.2, 0) is 11.2 Å². The number of anilines is 1. The van der Waals surface area contributed by atoms with Crippen LogP contribution >= 0.6 is 0 Å². The van der Waals surface area contributed by atoms with E-state index in [0.717, 1.165) is 0 Å². The van der Waals surface area contributed by atoms with E-state index >= 15 is 0 Å². The summed E-state index contributed by atoms with van der Waals surface area (Å²) in [6.07, 6.45) is 1.37. The predicted octanol–water partition coefficient (Wildman–Crippen LogP) is 3.57. The van der Waals surface area contributed by atoms with Crippen LogP contribution in [0, 0.1) is 11.7 Å². The molecule has 0 fully saturated rings. The van der Waals surface area contributed by atoms with Gasteiger partial charge in [-0.3, -0.25) is 14.6 Å². The van der Waals surface area contributed by atoms with Crippen molar-refractivity contribution >= 4 is 17.5 Å². The highest BCUT2D eigenvalue weighted by molar-refractivity contribution is 5.96. The average molecular weight is 357 g/mol. The number of hydrogen-bond acceptors (Lipinski definition) is 3. The first-order chi connectivity index (χ1) is 12.2. The van der Waals surface area contributed by atoms with Crippen LogP contribution in [-0.4, -0.2) is 22.3 Å². The van der Waals surface area contributed by atoms with Gasteiger partial charge < -0.3 is 10.6 Å². The normalized spacial score (nSPS) is 11.3. The lowest BCUT2D eigenvalue weighted by atomic mass is 9.90. The van der Waals surface area contributed by atoms with Gasteiger partial charge in [0.15, 0.2) is 0 Å². The van der Waals surface area contributed by atoms with Gasteiger partial charge in [0.2, 0.25) is 5.91 Å². The van der Waals surface area contributed by atoms with Gasteiger partial charge in [-0.15, -0.1) is 0 Å². The summed E-state index contributed by atoms with van der Waals surface area (Å²) in [6.45, 7) is 7.92. The summed E-state index contributed by atoms with van der Waals surface area (Å²) in [5.74, 6) is -0.854. The van der Waals surface area contributed by atoms with Crippen LogP contribution in [0.2, 0.25) is 0 Å². The van der Waals surface area contributed by atoms with Crippen LogP contribution in [0.15, 0.2) is 42.6 Å². The molecule has 5 nitrogen and oxygen atoms in total. The monoisotopic (exact) mass is 357 g/mol. The van der Waals surface area contributed by atoms with Gasteiger partial charge in [0.1, 0.15) is 11.5 Å². The minimum absolute atomic E-state index is 0.0864. The Balaban J connectivity index is 2.06. The first-order valence-electron chi connectivity index (χ1n) is 8.51. The lowest BCUT2D eigenvalue weighted by Gasteiger charge is -2.30. The maximum Gasteiger partial charge on any atom is 0.270 e. The quantitative estimate of drug-likeness (QED) is 0.830. The van der Waals surface area contributed by atoms with E-state index in [0.29, 0.717) is 11.3 Å². The van der Waals surface area contributed by atoms with Crippen LogP contribution in [0.3, 0.4) is 0 Å². The lowest BCUT2D eigenvalue weighted by Crippen LogP contribution is -2.47. The third-order valence-corrected chi connectivity index (χ3v) is 4.46. The Kier molecular flexibility index (Phi) is 6.08. The summed E-state index contributed by atoms with van der Waals surface area (Å²) in [4.78, 5) is 28.6. The Hall–Kier alpha value is -2.76. The van der Waals surface area contributed by atoms with Gasteiger partial charge in [-0.05, 0) is 43.5 Å². The average Bonchev–Trinajstić information content (AvgIpc) is 2.56. The Morgan fingerprint density at radius 2 is 1.88 bits per heavy atom. The van der Waals surface area contributed by atoms with Crippen molar-refractivity contribution in [3.8, 4) is 0 Å². The van der Waals surface area contributed by atoms with E-state index in [1.165, 1.54) is 18.3 Å². The molecule has 1 aromatic heterocycles. The molecule has 2 amide bonds. The third kappa shape index (κ3) is 5.12. The summed E-state index contributed by atoms with van der Waals surface area (Å²) in [5.41, 5.74) is 0.579. The SMILES string of the molecule is CC(C)C(C)(C)NC(=O)c1cc(NC(=O)Cc2ccccc2F)ccn1. The van der Waals surface area contributed by atoms with Crippen LogP contribution in [0.5, 0.6) is 0 Å². The molecule has 0 saturated carbocycles. The topological polar surface area (TPSA) is 71.1 Å². The van der Waals surface area contributed by atoms with Gasteiger partial charge in [0.25, 0.3) is 5.91 Å². The lowest BCUT2D eigenvalue weighted by molar-refractivity contribution is -0.115. The molecule has 2 N–H and O–H groups in total. The van der Waals surface area contributed by atoms with Crippen molar-refractivity contribution in [2.75, 3.05) is 5.32 Å². The van der Waals surface area contributed by atoms with E-state index in [1.54, 1.807) is 24.3 Å². The maximum atomic E-state index is 13.6. The van der Waals surface area contributed by atoms with Crippen molar-refractivity contribution in [2.45, 2.75) is 39.7 Å². The molecule has 0 unspecified atom stereocenters. The Morgan fingerprint density at radius 3 is 2.54 bits per heavy atom. The van der Waals surface area contributed by atoms with Gasteiger partial charge in [0.05, 0.1) is 6.42 Å². The van der Waals surface area contributed by atoms with Crippen molar-refractivity contribution in [3.63, 3.8) is 0 Å². The first-order valence-corrected chi connectivity index (χ1v) is 8.51. The van der Waals surface area contributed by atoms with E-state index in [2.05, 4.69) is 15.6 Å². The summed E-state index contributed by atoms with van der Waals surface area (Å²) < 4.78 is 13.6. The highest BCUT2D eigenvalue weighted by Gasteiger charge is 2.25. The summed E-state index contributed by atoms with van der Waals surface area (Å²) >= 11 is 0. The molecule has 1 aromatic carbocycles. The van der Waals surface area contributed by atoms with Gasteiger partial charge in [-0.25, -0.2) is 4.39 Å². The molecule has 0 radical (unpaired) electrons. The summed E-state index contributed by atoms with van der Waals surface area (Å²) in [6, 6.07) is 9.22. The van der Waals surface area contributed by atoms with Crippen LogP contribution in [0.4, 0.5) is 10.1 Å². The number of carbonyl (C=O) groups is 2. The fourth-order valence-corrected chi connectivity index (χ4v) is 2.15. The fourth-order valence-electron chi connectivity index (χ4n) is 2.15. The molecular weight excluding hydrogens is 333 g/mol. The van der Waals surface area contributed by atoms with E-state index in [4.69, 9.17) is 0 Å². The standard InChI is InChI=1S/C20H24FN3O2/c1-13(2)20(3,4)24-19(26)17-12-15(9-10-22-17)23-18(25)11-14-7-5-6-8-16(14)21/h5-10,12-13H,11H2,1-4H3,(H,24,26)(H,22,23,25). The molecule has 0 bridgehead atoms. The Bertz CT molecular complexity index is 803. The minimum atomic E-state index is -0.423. The number of pyridine rings is 1.